The normalized spacial score (nSPS) is 9.46. The fourth-order valence-electron chi connectivity index (χ4n) is 1.31. The average molecular weight is 176 g/mol. The third-order valence-corrected chi connectivity index (χ3v) is 1.95. The summed E-state index contributed by atoms with van der Waals surface area (Å²) < 4.78 is 1.94. The van der Waals surface area contributed by atoms with E-state index in [2.05, 4.69) is 6.07 Å². The van der Waals surface area contributed by atoms with Gasteiger partial charge in [-0.15, -0.1) is 0 Å². The van der Waals surface area contributed by atoms with Crippen LogP contribution in [0.2, 0.25) is 0 Å². The Kier molecular flexibility index (Phi) is 2.96. The number of nitrogens with zero attached hydrogens (tertiary/aromatic N) is 1. The van der Waals surface area contributed by atoms with Crippen molar-refractivity contribution in [1.82, 2.24) is 4.57 Å². The Bertz CT molecular complexity index is 388. The van der Waals surface area contributed by atoms with Crippen molar-refractivity contribution in [1.29, 1.82) is 0 Å². The quantitative estimate of drug-likeness (QED) is 0.657. The van der Waals surface area contributed by atoms with Gasteiger partial charge in [0.2, 0.25) is 0 Å². The van der Waals surface area contributed by atoms with Crippen LogP contribution in [0.15, 0.2) is 30.5 Å². The van der Waals surface area contributed by atoms with Gasteiger partial charge >= 0.3 is 0 Å². The number of hydrogen-bond donors (Lipinski definition) is 1. The molecule has 0 radical (unpaired) electrons. The van der Waals surface area contributed by atoms with E-state index >= 15 is 0 Å². The summed E-state index contributed by atoms with van der Waals surface area (Å²) in [5.74, 6) is 0.834. The molecule has 2 N–H and O–H groups in total. The zero-order valence-corrected chi connectivity index (χ0v) is 8.41. The highest BCUT2D eigenvalue weighted by atomic mass is 15.0. The molecule has 0 atom stereocenters. The van der Waals surface area contributed by atoms with Gasteiger partial charge in [-0.2, -0.15) is 0 Å². The minimum Gasteiger partial charge on any atom is -0.385 e. The predicted octanol–water partition coefficient (Wildman–Crippen LogP) is 2.79. The van der Waals surface area contributed by atoms with E-state index in [0.717, 1.165) is 11.2 Å². The molecule has 13 heavy (non-hydrogen) atoms. The van der Waals surface area contributed by atoms with Crippen LogP contribution in [-0.2, 0) is 7.05 Å². The second kappa shape index (κ2) is 3.99. The molecule has 1 aromatic carbocycles. The Morgan fingerprint density at radius 3 is 2.38 bits per heavy atom. The summed E-state index contributed by atoms with van der Waals surface area (Å²) in [6.07, 6.45) is 2.03. The molecule has 1 aromatic heterocycles. The monoisotopic (exact) mass is 176 g/mol. The van der Waals surface area contributed by atoms with Crippen molar-refractivity contribution in [2.75, 3.05) is 5.73 Å². The third-order valence-electron chi connectivity index (χ3n) is 1.95. The van der Waals surface area contributed by atoms with Crippen LogP contribution in [-0.4, -0.2) is 4.57 Å². The number of rotatable bonds is 0. The summed E-state index contributed by atoms with van der Waals surface area (Å²) in [5, 5.41) is 2.34. The van der Waals surface area contributed by atoms with E-state index in [1.807, 2.05) is 49.9 Å². The number of aromatic nitrogens is 1. The van der Waals surface area contributed by atoms with E-state index in [0.29, 0.717) is 0 Å². The molecule has 0 unspecified atom stereocenters. The van der Waals surface area contributed by atoms with Gasteiger partial charge in [-0.3, -0.25) is 0 Å². The van der Waals surface area contributed by atoms with Gasteiger partial charge in [0.1, 0.15) is 5.82 Å². The van der Waals surface area contributed by atoms with E-state index in [1.165, 1.54) is 5.39 Å². The van der Waals surface area contributed by atoms with Crippen LogP contribution in [0.4, 0.5) is 5.82 Å². The maximum atomic E-state index is 5.80. The van der Waals surface area contributed by atoms with Gasteiger partial charge in [0, 0.05) is 24.0 Å². The third kappa shape index (κ3) is 1.66. The lowest BCUT2D eigenvalue weighted by molar-refractivity contribution is 0.947. The molecule has 0 spiro atoms. The van der Waals surface area contributed by atoms with Gasteiger partial charge in [-0.1, -0.05) is 38.1 Å². The number of hydrogen-bond acceptors (Lipinski definition) is 1. The zero-order valence-electron chi connectivity index (χ0n) is 8.41. The highest BCUT2D eigenvalue weighted by Crippen LogP contribution is 2.21. The maximum absolute atomic E-state index is 5.80. The van der Waals surface area contributed by atoms with Crippen LogP contribution in [0.1, 0.15) is 13.8 Å². The van der Waals surface area contributed by atoms with Gasteiger partial charge in [0.25, 0.3) is 0 Å². The Balaban J connectivity index is 0.000000396. The Hall–Kier alpha value is -1.44. The molecular formula is C11H16N2. The molecule has 0 fully saturated rings. The van der Waals surface area contributed by atoms with Crippen molar-refractivity contribution >= 4 is 16.6 Å². The van der Waals surface area contributed by atoms with E-state index in [4.69, 9.17) is 5.73 Å². The van der Waals surface area contributed by atoms with Crippen molar-refractivity contribution in [2.45, 2.75) is 13.8 Å². The summed E-state index contributed by atoms with van der Waals surface area (Å²) in [6, 6.07) is 8.11. The van der Waals surface area contributed by atoms with Gasteiger partial charge in [0.15, 0.2) is 0 Å². The van der Waals surface area contributed by atoms with Crippen molar-refractivity contribution in [3.63, 3.8) is 0 Å². The number of benzene rings is 1. The number of nitrogen functional groups attached to an aromatic ring is 1. The van der Waals surface area contributed by atoms with Crippen LogP contribution in [0.3, 0.4) is 0 Å². The van der Waals surface area contributed by atoms with E-state index in [-0.39, 0.29) is 0 Å². The van der Waals surface area contributed by atoms with Gasteiger partial charge in [-0.25, -0.2) is 0 Å². The number of fused-ring (bicyclic) bond motifs is 1. The van der Waals surface area contributed by atoms with E-state index in [1.54, 1.807) is 0 Å². The summed E-state index contributed by atoms with van der Waals surface area (Å²) in [4.78, 5) is 0. The molecule has 0 aliphatic carbocycles. The molecule has 70 valence electrons. The molecular weight excluding hydrogens is 160 g/mol. The fraction of sp³-hybridized carbons (Fsp3) is 0.273. The van der Waals surface area contributed by atoms with E-state index in [9.17, 15) is 0 Å². The van der Waals surface area contributed by atoms with E-state index < -0.39 is 0 Å². The molecule has 2 rings (SSSR count). The van der Waals surface area contributed by atoms with Crippen LogP contribution in [0, 0.1) is 0 Å². The molecule has 0 saturated heterocycles. The molecule has 0 aliphatic heterocycles. The Labute approximate surface area is 79.0 Å². The molecule has 1 heterocycles. The predicted molar refractivity (Wildman–Crippen MR) is 58.7 cm³/mol. The van der Waals surface area contributed by atoms with Crippen LogP contribution < -0.4 is 5.73 Å². The summed E-state index contributed by atoms with van der Waals surface area (Å²) in [5.41, 5.74) is 5.80. The van der Waals surface area contributed by atoms with Gasteiger partial charge in [0.05, 0.1) is 0 Å². The number of anilines is 1. The lowest BCUT2D eigenvalue weighted by Gasteiger charge is -1.93. The van der Waals surface area contributed by atoms with Crippen molar-refractivity contribution in [3.05, 3.63) is 30.5 Å². The average Bonchev–Trinajstić information content (AvgIpc) is 2.47. The van der Waals surface area contributed by atoms with Crippen LogP contribution in [0.5, 0.6) is 0 Å². The first-order chi connectivity index (χ1) is 6.29. The smallest absolute Gasteiger partial charge is 0.111 e. The first-order valence-electron chi connectivity index (χ1n) is 4.58. The largest absolute Gasteiger partial charge is 0.385 e. The molecule has 0 amide bonds. The fourth-order valence-corrected chi connectivity index (χ4v) is 1.31. The first-order valence-corrected chi connectivity index (χ1v) is 4.58. The standard InChI is InChI=1S/C9H10N2.C2H6/c1-11-6-7-4-2-3-5-8(7)9(11)10;1-2/h2-6H,10H2,1H3;1-2H3. The Morgan fingerprint density at radius 1 is 1.15 bits per heavy atom. The highest BCUT2D eigenvalue weighted by Gasteiger charge is 1.99. The van der Waals surface area contributed by atoms with Crippen molar-refractivity contribution < 1.29 is 0 Å². The summed E-state index contributed by atoms with van der Waals surface area (Å²) in [6.45, 7) is 4.00. The van der Waals surface area contributed by atoms with Crippen LogP contribution >= 0.6 is 0 Å². The highest BCUT2D eigenvalue weighted by molar-refractivity contribution is 5.92. The number of nitrogens with two attached hydrogens (primary N) is 1. The zero-order chi connectivity index (χ0) is 9.84. The first kappa shape index (κ1) is 9.65. The minimum atomic E-state index is 0.834. The maximum Gasteiger partial charge on any atom is 0.111 e. The minimum absolute atomic E-state index is 0.834. The molecule has 2 aromatic rings. The summed E-state index contributed by atoms with van der Waals surface area (Å²) in [7, 11) is 1.95. The SMILES string of the molecule is CC.Cn1cc2ccccc2c1N. The molecule has 0 saturated carbocycles. The lowest BCUT2D eigenvalue weighted by Crippen LogP contribution is -1.93. The van der Waals surface area contributed by atoms with Crippen molar-refractivity contribution in [3.8, 4) is 0 Å². The lowest BCUT2D eigenvalue weighted by atomic mass is 10.2. The second-order valence-corrected chi connectivity index (χ2v) is 2.71. The molecule has 0 bridgehead atoms. The van der Waals surface area contributed by atoms with Crippen molar-refractivity contribution in [2.24, 2.45) is 7.05 Å². The second-order valence-electron chi connectivity index (χ2n) is 2.71. The van der Waals surface area contributed by atoms with Gasteiger partial charge in [-0.05, 0) is 0 Å². The van der Waals surface area contributed by atoms with Gasteiger partial charge < -0.3 is 10.3 Å². The topological polar surface area (TPSA) is 30.9 Å². The number of aryl methyl sites for hydroxylation is 1. The molecule has 2 nitrogen and oxygen atoms in total. The molecule has 2 heteroatoms. The summed E-state index contributed by atoms with van der Waals surface area (Å²) >= 11 is 0. The Morgan fingerprint density at radius 2 is 1.77 bits per heavy atom. The molecule has 0 aliphatic rings. The van der Waals surface area contributed by atoms with Crippen LogP contribution in [0.25, 0.3) is 10.8 Å².